The molecule has 5 heteroatoms. The topological polar surface area (TPSA) is 36.8 Å². The fourth-order valence-electron chi connectivity index (χ4n) is 7.15. The largest absolute Gasteiger partial charge is 0.344 e. The molecule has 50 heavy (non-hydrogen) atoms. The molecular weight excluding hydrogens is 647 g/mol. The number of hydrogen-bond acceptors (Lipinski definition) is 5. The van der Waals surface area contributed by atoms with Crippen LogP contribution in [0.2, 0.25) is 0 Å². The van der Waals surface area contributed by atoms with Gasteiger partial charge in [0.05, 0.1) is 0 Å². The Balaban J connectivity index is 1.11. The average molecular weight is 676 g/mol. The zero-order valence-electron chi connectivity index (χ0n) is 26.9. The number of thiophene rings is 2. The maximum Gasteiger partial charge on any atom is 0.160 e. The summed E-state index contributed by atoms with van der Waals surface area (Å²) in [5.41, 5.74) is 8.09. The molecule has 0 amide bonds. The van der Waals surface area contributed by atoms with Gasteiger partial charge in [-0.25, -0.2) is 9.98 Å². The second-order valence-electron chi connectivity index (χ2n) is 12.6. The van der Waals surface area contributed by atoms with E-state index in [0.29, 0.717) is 0 Å². The van der Waals surface area contributed by atoms with Crippen LogP contribution in [-0.4, -0.2) is 11.7 Å². The van der Waals surface area contributed by atoms with Crippen LogP contribution in [0, 0.1) is 0 Å². The number of aliphatic imine (C=N–C) groups is 2. The predicted molar refractivity (Wildman–Crippen MR) is 215 cm³/mol. The van der Waals surface area contributed by atoms with E-state index in [2.05, 4.69) is 157 Å². The molecule has 9 aromatic rings. The van der Waals surface area contributed by atoms with E-state index in [9.17, 15) is 0 Å². The Morgan fingerprint density at radius 1 is 0.460 bits per heavy atom. The molecule has 1 atom stereocenters. The quantitative estimate of drug-likeness (QED) is 0.194. The van der Waals surface area contributed by atoms with Crippen molar-refractivity contribution in [3.05, 3.63) is 180 Å². The molecule has 1 aliphatic rings. The summed E-state index contributed by atoms with van der Waals surface area (Å²) >= 11 is 3.70. The van der Waals surface area contributed by atoms with Crippen LogP contribution in [0.5, 0.6) is 0 Å². The summed E-state index contributed by atoms with van der Waals surface area (Å²) in [6.45, 7) is 0. The first kappa shape index (κ1) is 29.1. The smallest absolute Gasteiger partial charge is 0.160 e. The molecule has 10 rings (SSSR count). The number of fused-ring (bicyclic) bond motifs is 6. The first-order valence-corrected chi connectivity index (χ1v) is 18.4. The molecule has 2 aromatic heterocycles. The van der Waals surface area contributed by atoms with Gasteiger partial charge in [-0.3, -0.25) is 0 Å². The van der Waals surface area contributed by atoms with Crippen LogP contribution in [0.25, 0.3) is 62.6 Å². The lowest BCUT2D eigenvalue weighted by Gasteiger charge is -2.24. The van der Waals surface area contributed by atoms with Gasteiger partial charge in [-0.05, 0) is 58.1 Å². The Labute approximate surface area is 297 Å². The molecule has 3 nitrogen and oxygen atoms in total. The monoisotopic (exact) mass is 675 g/mol. The number of nitrogens with zero attached hydrogens (tertiary/aromatic N) is 2. The minimum atomic E-state index is -0.247. The third kappa shape index (κ3) is 4.94. The lowest BCUT2D eigenvalue weighted by molar-refractivity contribution is 0.674. The standard InChI is InChI=1S/C45H29N3S2/c1-3-12-28(13-4-1)43-46-44(29-14-5-2-6-15-29)48-45(47-43)36-21-11-23-40-41(36)37-27-31(24-25-39(37)49-40)30-16-9-17-32(26-30)33-19-10-20-35-34-18-7-8-22-38(34)50-42(33)35/h1-27,43H,(H,46,47,48). The van der Waals surface area contributed by atoms with Gasteiger partial charge in [0.25, 0.3) is 0 Å². The summed E-state index contributed by atoms with van der Waals surface area (Å²) < 4.78 is 5.14. The first-order chi connectivity index (χ1) is 24.8. The minimum Gasteiger partial charge on any atom is -0.344 e. The van der Waals surface area contributed by atoms with Gasteiger partial charge in [-0.2, -0.15) is 0 Å². The van der Waals surface area contributed by atoms with Crippen molar-refractivity contribution in [3.63, 3.8) is 0 Å². The van der Waals surface area contributed by atoms with Gasteiger partial charge in [0, 0.05) is 51.5 Å². The van der Waals surface area contributed by atoms with Gasteiger partial charge in [-0.1, -0.05) is 133 Å². The SMILES string of the molecule is c1ccc(C2=NC(c3cccc4sc5ccc(-c6cccc(-c7cccc8c7sc7ccccc78)c6)cc5c34)=NC(c3ccccc3)N2)cc1. The van der Waals surface area contributed by atoms with Crippen molar-refractivity contribution in [2.24, 2.45) is 9.98 Å². The summed E-state index contributed by atoms with van der Waals surface area (Å²) in [5.74, 6) is 1.57. The van der Waals surface area contributed by atoms with Crippen LogP contribution in [0.4, 0.5) is 0 Å². The second kappa shape index (κ2) is 11.9. The van der Waals surface area contributed by atoms with Crippen LogP contribution in [0.15, 0.2) is 174 Å². The Morgan fingerprint density at radius 3 is 2.02 bits per heavy atom. The van der Waals surface area contributed by atoms with Gasteiger partial charge in [-0.15, -0.1) is 22.7 Å². The summed E-state index contributed by atoms with van der Waals surface area (Å²) in [6.07, 6.45) is -0.247. The van der Waals surface area contributed by atoms with Crippen molar-refractivity contribution in [3.8, 4) is 22.3 Å². The number of rotatable bonds is 5. The number of amidine groups is 2. The van der Waals surface area contributed by atoms with Gasteiger partial charge in [0.1, 0.15) is 12.0 Å². The highest BCUT2D eigenvalue weighted by Gasteiger charge is 2.23. The molecule has 0 spiro atoms. The second-order valence-corrected chi connectivity index (χ2v) is 14.7. The lowest BCUT2D eigenvalue weighted by Crippen LogP contribution is -2.33. The summed E-state index contributed by atoms with van der Waals surface area (Å²) in [4.78, 5) is 10.4. The molecule has 0 saturated heterocycles. The van der Waals surface area contributed by atoms with E-state index in [1.165, 1.54) is 62.6 Å². The molecule has 0 fully saturated rings. The van der Waals surface area contributed by atoms with Crippen molar-refractivity contribution in [1.29, 1.82) is 0 Å². The van der Waals surface area contributed by atoms with Gasteiger partial charge in [0.15, 0.2) is 5.84 Å². The molecule has 1 aliphatic heterocycles. The van der Waals surface area contributed by atoms with Gasteiger partial charge >= 0.3 is 0 Å². The fraction of sp³-hybridized carbons (Fsp3) is 0.0222. The van der Waals surface area contributed by atoms with Crippen molar-refractivity contribution in [2.75, 3.05) is 0 Å². The Hall–Kier alpha value is -5.88. The van der Waals surface area contributed by atoms with Crippen LogP contribution < -0.4 is 5.32 Å². The van der Waals surface area contributed by atoms with E-state index in [-0.39, 0.29) is 6.17 Å². The molecule has 236 valence electrons. The number of hydrogen-bond donors (Lipinski definition) is 1. The summed E-state index contributed by atoms with van der Waals surface area (Å²) in [7, 11) is 0. The van der Waals surface area contributed by atoms with E-state index >= 15 is 0 Å². The fourth-order valence-corrected chi connectivity index (χ4v) is 9.50. The number of nitrogens with one attached hydrogen (secondary N) is 1. The maximum absolute atomic E-state index is 5.22. The zero-order valence-corrected chi connectivity index (χ0v) is 28.5. The third-order valence-corrected chi connectivity index (χ3v) is 11.9. The Bertz CT molecular complexity index is 2790. The van der Waals surface area contributed by atoms with E-state index in [0.717, 1.165) is 28.4 Å². The van der Waals surface area contributed by atoms with E-state index in [1.54, 1.807) is 0 Å². The highest BCUT2D eigenvalue weighted by atomic mass is 32.1. The molecule has 3 heterocycles. The molecule has 1 unspecified atom stereocenters. The highest BCUT2D eigenvalue weighted by molar-refractivity contribution is 7.26. The predicted octanol–water partition coefficient (Wildman–Crippen LogP) is 12.3. The molecular formula is C45H29N3S2. The van der Waals surface area contributed by atoms with E-state index in [1.807, 2.05) is 34.8 Å². The van der Waals surface area contributed by atoms with E-state index in [4.69, 9.17) is 9.98 Å². The van der Waals surface area contributed by atoms with Crippen molar-refractivity contribution in [2.45, 2.75) is 6.17 Å². The van der Waals surface area contributed by atoms with Crippen LogP contribution in [-0.2, 0) is 0 Å². The Kier molecular flexibility index (Phi) is 6.93. The molecule has 1 N–H and O–H groups in total. The molecule has 0 saturated carbocycles. The maximum atomic E-state index is 5.22. The normalized spacial score (nSPS) is 14.6. The van der Waals surface area contributed by atoms with Crippen molar-refractivity contribution >= 4 is 74.7 Å². The third-order valence-electron chi connectivity index (χ3n) is 9.55. The van der Waals surface area contributed by atoms with Crippen LogP contribution in [0.1, 0.15) is 22.9 Å². The molecule has 0 bridgehead atoms. The highest BCUT2D eigenvalue weighted by Crippen LogP contribution is 2.42. The lowest BCUT2D eigenvalue weighted by atomic mass is 9.96. The molecule has 7 aromatic carbocycles. The molecule has 0 aliphatic carbocycles. The average Bonchev–Trinajstić information content (AvgIpc) is 3.77. The summed E-state index contributed by atoms with van der Waals surface area (Å²) in [6, 6.07) is 58.5. The van der Waals surface area contributed by atoms with E-state index < -0.39 is 0 Å². The van der Waals surface area contributed by atoms with Crippen LogP contribution in [0.3, 0.4) is 0 Å². The van der Waals surface area contributed by atoms with Crippen molar-refractivity contribution in [1.82, 2.24) is 5.32 Å². The minimum absolute atomic E-state index is 0.247. The van der Waals surface area contributed by atoms with Crippen LogP contribution >= 0.6 is 22.7 Å². The zero-order chi connectivity index (χ0) is 33.0. The summed E-state index contributed by atoms with van der Waals surface area (Å²) in [5, 5.41) is 8.67. The van der Waals surface area contributed by atoms with Crippen molar-refractivity contribution < 1.29 is 0 Å². The molecule has 0 radical (unpaired) electrons. The Morgan fingerprint density at radius 2 is 1.12 bits per heavy atom. The number of benzene rings is 7. The van der Waals surface area contributed by atoms with Gasteiger partial charge in [0.2, 0.25) is 0 Å². The van der Waals surface area contributed by atoms with Gasteiger partial charge < -0.3 is 5.32 Å². The first-order valence-electron chi connectivity index (χ1n) is 16.8.